The van der Waals surface area contributed by atoms with Gasteiger partial charge in [-0.25, -0.2) is 4.79 Å². The van der Waals surface area contributed by atoms with E-state index in [1.165, 1.54) is 0 Å². The Labute approximate surface area is 157 Å². The Balaban J connectivity index is 1.71. The topological polar surface area (TPSA) is 61.4 Å². The molecule has 25 heavy (non-hydrogen) atoms. The average molecular weight is 408 g/mol. The highest BCUT2D eigenvalue weighted by atomic mass is 79.9. The number of carbonyl (C=O) groups is 2. The lowest BCUT2D eigenvalue weighted by Gasteiger charge is -2.29. The first-order chi connectivity index (χ1) is 11.9. The van der Waals surface area contributed by atoms with Crippen LogP contribution in [0.15, 0.2) is 28.7 Å². The number of urea groups is 1. The number of benzene rings is 1. The molecule has 2 aliphatic rings. The molecule has 6 heteroatoms. The number of rotatable bonds is 3. The maximum atomic E-state index is 12.7. The van der Waals surface area contributed by atoms with Gasteiger partial charge in [-0.15, -0.1) is 0 Å². The third-order valence-electron chi connectivity index (χ3n) is 5.38. The van der Waals surface area contributed by atoms with E-state index in [1.807, 2.05) is 43.0 Å². The van der Waals surface area contributed by atoms with Crippen molar-refractivity contribution in [2.75, 3.05) is 18.4 Å². The van der Waals surface area contributed by atoms with Crippen LogP contribution in [0, 0.1) is 11.3 Å². The Morgan fingerprint density at radius 2 is 1.84 bits per heavy atom. The second-order valence-corrected chi connectivity index (χ2v) is 8.52. The first-order valence-corrected chi connectivity index (χ1v) is 9.81. The first-order valence-electron chi connectivity index (χ1n) is 9.01. The molecule has 2 N–H and O–H groups in total. The highest BCUT2D eigenvalue weighted by Crippen LogP contribution is 2.49. The molecule has 0 aromatic heterocycles. The number of carbonyl (C=O) groups excluding carboxylic acids is 2. The van der Waals surface area contributed by atoms with E-state index in [1.54, 1.807) is 0 Å². The summed E-state index contributed by atoms with van der Waals surface area (Å²) in [6.45, 7) is 5.13. The van der Waals surface area contributed by atoms with Crippen molar-refractivity contribution in [1.82, 2.24) is 10.2 Å². The van der Waals surface area contributed by atoms with Crippen molar-refractivity contribution in [3.05, 3.63) is 28.7 Å². The summed E-state index contributed by atoms with van der Waals surface area (Å²) in [7, 11) is 0. The van der Waals surface area contributed by atoms with Gasteiger partial charge >= 0.3 is 6.03 Å². The highest BCUT2D eigenvalue weighted by Gasteiger charge is 2.52. The van der Waals surface area contributed by atoms with Gasteiger partial charge in [0, 0.05) is 34.7 Å². The zero-order chi connectivity index (χ0) is 18.0. The van der Waals surface area contributed by atoms with Crippen molar-refractivity contribution >= 4 is 33.6 Å². The second kappa shape index (κ2) is 7.36. The van der Waals surface area contributed by atoms with E-state index in [-0.39, 0.29) is 29.3 Å². The SMILES string of the molecule is CC(C)NC(=O)C1CN(C(=O)Nc2ccc(Br)cc2)CC12CCCC2. The number of nitrogens with zero attached hydrogens (tertiary/aromatic N) is 1. The molecule has 1 spiro atoms. The summed E-state index contributed by atoms with van der Waals surface area (Å²) in [6.07, 6.45) is 4.36. The van der Waals surface area contributed by atoms with Crippen LogP contribution in [0.3, 0.4) is 0 Å². The van der Waals surface area contributed by atoms with Crippen molar-refractivity contribution in [3.63, 3.8) is 0 Å². The number of anilines is 1. The highest BCUT2D eigenvalue weighted by molar-refractivity contribution is 9.10. The fourth-order valence-electron chi connectivity index (χ4n) is 4.19. The van der Waals surface area contributed by atoms with Crippen LogP contribution in [0.2, 0.25) is 0 Å². The quantitative estimate of drug-likeness (QED) is 0.795. The Bertz CT molecular complexity index is 639. The molecule has 1 unspecified atom stereocenters. The molecule has 3 rings (SSSR count). The minimum atomic E-state index is -0.117. The number of halogens is 1. The Hall–Kier alpha value is -1.56. The minimum Gasteiger partial charge on any atom is -0.354 e. The minimum absolute atomic E-state index is 0.0456. The summed E-state index contributed by atoms with van der Waals surface area (Å²) in [5, 5.41) is 6.00. The number of hydrogen-bond acceptors (Lipinski definition) is 2. The molecule has 0 radical (unpaired) electrons. The summed E-state index contributed by atoms with van der Waals surface area (Å²) >= 11 is 3.39. The van der Waals surface area contributed by atoms with Gasteiger partial charge in [-0.05, 0) is 51.0 Å². The maximum absolute atomic E-state index is 12.7. The van der Waals surface area contributed by atoms with Crippen LogP contribution < -0.4 is 10.6 Å². The lowest BCUT2D eigenvalue weighted by Crippen LogP contribution is -2.42. The van der Waals surface area contributed by atoms with Crippen LogP contribution in [-0.2, 0) is 4.79 Å². The van der Waals surface area contributed by atoms with E-state index in [4.69, 9.17) is 0 Å². The van der Waals surface area contributed by atoms with Gasteiger partial charge in [-0.2, -0.15) is 0 Å². The molecule has 1 aliphatic carbocycles. The van der Waals surface area contributed by atoms with E-state index < -0.39 is 0 Å². The van der Waals surface area contributed by atoms with Crippen molar-refractivity contribution in [2.24, 2.45) is 11.3 Å². The number of amides is 3. The molecule has 1 heterocycles. The summed E-state index contributed by atoms with van der Waals surface area (Å²) in [5.74, 6) is -0.0103. The molecule has 1 saturated carbocycles. The molecule has 1 aliphatic heterocycles. The van der Waals surface area contributed by atoms with E-state index in [0.29, 0.717) is 13.1 Å². The number of likely N-dealkylation sites (tertiary alicyclic amines) is 1. The molecule has 136 valence electrons. The summed E-state index contributed by atoms with van der Waals surface area (Å²) < 4.78 is 0.974. The number of hydrogen-bond donors (Lipinski definition) is 2. The normalized spacial score (nSPS) is 21.8. The first kappa shape index (κ1) is 18.2. The third kappa shape index (κ3) is 4.00. The zero-order valence-corrected chi connectivity index (χ0v) is 16.4. The van der Waals surface area contributed by atoms with Gasteiger partial charge in [0.05, 0.1) is 5.92 Å². The van der Waals surface area contributed by atoms with Crippen molar-refractivity contribution in [2.45, 2.75) is 45.6 Å². The van der Waals surface area contributed by atoms with Crippen molar-refractivity contribution in [3.8, 4) is 0 Å². The third-order valence-corrected chi connectivity index (χ3v) is 5.91. The molecule has 5 nitrogen and oxygen atoms in total. The zero-order valence-electron chi connectivity index (χ0n) is 14.8. The molecule has 1 atom stereocenters. The largest absolute Gasteiger partial charge is 0.354 e. The van der Waals surface area contributed by atoms with Crippen LogP contribution in [-0.4, -0.2) is 36.0 Å². The van der Waals surface area contributed by atoms with Crippen LogP contribution >= 0.6 is 15.9 Å². The van der Waals surface area contributed by atoms with Crippen LogP contribution in [0.25, 0.3) is 0 Å². The van der Waals surface area contributed by atoms with Crippen molar-refractivity contribution in [1.29, 1.82) is 0 Å². The lowest BCUT2D eigenvalue weighted by molar-refractivity contribution is -0.128. The van der Waals surface area contributed by atoms with Crippen molar-refractivity contribution < 1.29 is 9.59 Å². The van der Waals surface area contributed by atoms with E-state index >= 15 is 0 Å². The molecular formula is C19H26BrN3O2. The van der Waals surface area contributed by atoms with Gasteiger partial charge in [0.15, 0.2) is 0 Å². The fourth-order valence-corrected chi connectivity index (χ4v) is 4.46. The summed E-state index contributed by atoms with van der Waals surface area (Å²) in [4.78, 5) is 27.2. The van der Waals surface area contributed by atoms with E-state index in [0.717, 1.165) is 35.8 Å². The van der Waals surface area contributed by atoms with Gasteiger partial charge in [0.2, 0.25) is 5.91 Å². The molecular weight excluding hydrogens is 382 g/mol. The molecule has 2 fully saturated rings. The van der Waals surface area contributed by atoms with Crippen LogP contribution in [0.4, 0.5) is 10.5 Å². The lowest BCUT2D eigenvalue weighted by atomic mass is 9.76. The molecule has 0 bridgehead atoms. The van der Waals surface area contributed by atoms with Crippen LogP contribution in [0.1, 0.15) is 39.5 Å². The van der Waals surface area contributed by atoms with Gasteiger partial charge < -0.3 is 15.5 Å². The predicted octanol–water partition coefficient (Wildman–Crippen LogP) is 4.00. The smallest absolute Gasteiger partial charge is 0.321 e. The van der Waals surface area contributed by atoms with E-state index in [9.17, 15) is 9.59 Å². The van der Waals surface area contributed by atoms with Gasteiger partial charge in [0.1, 0.15) is 0 Å². The Morgan fingerprint density at radius 3 is 2.44 bits per heavy atom. The van der Waals surface area contributed by atoms with Gasteiger partial charge in [-0.3, -0.25) is 4.79 Å². The molecule has 3 amide bonds. The summed E-state index contributed by atoms with van der Waals surface area (Å²) in [6, 6.07) is 7.54. The second-order valence-electron chi connectivity index (χ2n) is 7.60. The molecule has 1 aromatic carbocycles. The Kier molecular flexibility index (Phi) is 5.37. The fraction of sp³-hybridized carbons (Fsp3) is 0.579. The van der Waals surface area contributed by atoms with Gasteiger partial charge in [-0.1, -0.05) is 28.8 Å². The Morgan fingerprint density at radius 1 is 1.20 bits per heavy atom. The summed E-state index contributed by atoms with van der Waals surface area (Å²) in [5.41, 5.74) is 0.722. The molecule has 1 aromatic rings. The monoisotopic (exact) mass is 407 g/mol. The number of nitrogens with one attached hydrogen (secondary N) is 2. The van der Waals surface area contributed by atoms with Gasteiger partial charge in [0.25, 0.3) is 0 Å². The van der Waals surface area contributed by atoms with E-state index in [2.05, 4.69) is 26.6 Å². The molecule has 1 saturated heterocycles. The average Bonchev–Trinajstić information content (AvgIpc) is 3.17. The predicted molar refractivity (Wildman–Crippen MR) is 102 cm³/mol. The van der Waals surface area contributed by atoms with Crippen LogP contribution in [0.5, 0.6) is 0 Å². The standard InChI is InChI=1S/C19H26BrN3O2/c1-13(2)21-17(24)16-11-23(12-19(16)9-3-4-10-19)18(25)22-15-7-5-14(20)6-8-15/h5-8,13,16H,3-4,9-12H2,1-2H3,(H,21,24)(H,22,25). The maximum Gasteiger partial charge on any atom is 0.321 e.